The van der Waals surface area contributed by atoms with Crippen molar-refractivity contribution in [2.75, 3.05) is 0 Å². The molecule has 0 aliphatic carbocycles. The summed E-state index contributed by atoms with van der Waals surface area (Å²) < 4.78 is 0. The van der Waals surface area contributed by atoms with E-state index in [4.69, 9.17) is 30.3 Å². The van der Waals surface area contributed by atoms with Crippen molar-refractivity contribution < 1.29 is 65.6 Å². The molecule has 0 aliphatic heterocycles. The van der Waals surface area contributed by atoms with Gasteiger partial charge in [-0.3, -0.25) is 0 Å². The minimum absolute atomic E-state index is 0. The molecule has 102 valence electrons. The van der Waals surface area contributed by atoms with E-state index in [2.05, 4.69) is 0 Å². The van der Waals surface area contributed by atoms with Crippen molar-refractivity contribution in [2.45, 2.75) is 0 Å². The monoisotopic (exact) mass is 335 g/mol. The molecule has 16 heavy (non-hydrogen) atoms. The summed E-state index contributed by atoms with van der Waals surface area (Å²) in [4.78, 5) is 24.0. The van der Waals surface area contributed by atoms with Gasteiger partial charge in [0.2, 0.25) is 0 Å². The van der Waals surface area contributed by atoms with Gasteiger partial charge in [0.1, 0.15) is 0 Å². The predicted molar refractivity (Wildman–Crippen MR) is 49.2 cm³/mol. The van der Waals surface area contributed by atoms with Gasteiger partial charge in [0.05, 0.1) is 0 Å². The van der Waals surface area contributed by atoms with Gasteiger partial charge in [-0.2, -0.15) is 0 Å². The Kier molecular flexibility index (Phi) is 4090. The minimum atomic E-state index is 0. The molecule has 0 spiro atoms. The molecule has 0 amide bonds. The van der Waals surface area contributed by atoms with Crippen LogP contribution in [0.15, 0.2) is 16.0 Å². The summed E-state index contributed by atoms with van der Waals surface area (Å²) in [7, 11) is 0. The van der Waals surface area contributed by atoms with Crippen molar-refractivity contribution in [1.29, 1.82) is 0 Å². The molecule has 0 aromatic rings. The summed E-state index contributed by atoms with van der Waals surface area (Å²) in [6, 6.07) is 0. The number of nitrogens with zero attached hydrogens (tertiary/aromatic N) is 3. The Morgan fingerprint density at radius 3 is 0.500 bits per heavy atom. The maximum atomic E-state index is 8.00. The first-order valence-corrected chi connectivity index (χ1v) is 1.10. The number of rotatable bonds is 0. The fraction of sp³-hybridized carbons (Fsp3) is 0. The fourth-order valence-corrected chi connectivity index (χ4v) is 0. The number of hydrogen-bond donors (Lipinski definition) is 0. The molecule has 0 fully saturated rings. The van der Waals surface area contributed by atoms with E-state index in [1.54, 1.807) is 0 Å². The summed E-state index contributed by atoms with van der Waals surface area (Å²) in [5.41, 5.74) is 0. The standard InChI is InChI=1S/3HNO2.6H2O.Y/c3*2-1-3;;;;;;;/h3*(H,2,3);6*1H2;/q;;;;;;;;;+3/p-3. The van der Waals surface area contributed by atoms with Crippen LogP contribution in [-0.2, 0) is 32.7 Å². The number of hydrogen-bond acceptors (Lipinski definition) is 9. The van der Waals surface area contributed by atoms with Gasteiger partial charge < -0.3 is 63.2 Å². The fourth-order valence-electron chi connectivity index (χ4n) is 0. The molecule has 0 saturated carbocycles. The molecule has 0 aromatic carbocycles. The zero-order chi connectivity index (χ0) is 8.12. The smallest absolute Gasteiger partial charge is 0.444 e. The van der Waals surface area contributed by atoms with Gasteiger partial charge in [-0.25, -0.2) is 0 Å². The first-order chi connectivity index (χ1) is 4.24. The molecule has 0 aromatic heterocycles. The molecule has 0 radical (unpaired) electrons. The maximum Gasteiger partial charge on any atom is 3.00 e. The van der Waals surface area contributed by atoms with Crippen molar-refractivity contribution in [1.82, 2.24) is 0 Å². The van der Waals surface area contributed by atoms with Gasteiger partial charge in [0.15, 0.2) is 0 Å². The van der Waals surface area contributed by atoms with Crippen molar-refractivity contribution in [3.63, 3.8) is 0 Å². The zero-order valence-electron chi connectivity index (χ0n) is 7.37. The first kappa shape index (κ1) is 116. The summed E-state index contributed by atoms with van der Waals surface area (Å²) in [5, 5.41) is 27.0. The molecule has 12 N–H and O–H groups in total. The van der Waals surface area contributed by atoms with Crippen molar-refractivity contribution in [3.05, 3.63) is 30.3 Å². The van der Waals surface area contributed by atoms with Crippen LogP contribution in [0.25, 0.3) is 0 Å². The van der Waals surface area contributed by atoms with Crippen LogP contribution in [-0.4, -0.2) is 32.9 Å². The molecule has 0 rings (SSSR count). The second-order valence-corrected chi connectivity index (χ2v) is 0.224. The third-order valence-electron chi connectivity index (χ3n) is 0. The average molecular weight is 335 g/mol. The SMILES string of the molecule is O.O.O.O.O.O.O=N[O-].O=N[O-].O=N[O-].[Y+3]. The van der Waals surface area contributed by atoms with Crippen LogP contribution in [0.2, 0.25) is 0 Å². The zero-order valence-corrected chi connectivity index (χ0v) is 10.2. The van der Waals surface area contributed by atoms with Gasteiger partial charge in [-0.1, -0.05) is 0 Å². The Morgan fingerprint density at radius 2 is 0.500 bits per heavy atom. The third kappa shape index (κ3) is 2170. The Morgan fingerprint density at radius 1 is 0.500 bits per heavy atom. The van der Waals surface area contributed by atoms with Gasteiger partial charge in [-0.15, -0.1) is 16.0 Å². The van der Waals surface area contributed by atoms with Crippen molar-refractivity contribution >= 4 is 0 Å². The quantitative estimate of drug-likeness (QED) is 0.311. The van der Waals surface area contributed by atoms with Gasteiger partial charge in [0.25, 0.3) is 0 Å². The molecule has 0 unspecified atom stereocenters. The van der Waals surface area contributed by atoms with E-state index in [9.17, 15) is 0 Å². The van der Waals surface area contributed by atoms with Crippen LogP contribution in [0.3, 0.4) is 0 Å². The largest absolute Gasteiger partial charge is 3.00 e. The summed E-state index contributed by atoms with van der Waals surface area (Å²) in [6.45, 7) is 0. The van der Waals surface area contributed by atoms with Crippen LogP contribution >= 0.6 is 0 Å². The molecule has 0 atom stereocenters. The van der Waals surface area contributed by atoms with E-state index in [0.717, 1.165) is 16.0 Å². The van der Waals surface area contributed by atoms with E-state index in [-0.39, 0.29) is 65.6 Å². The predicted octanol–water partition coefficient (Wildman–Crippen LogP) is -4.20. The average Bonchev–Trinajstić information content (AvgIpc) is 1.70. The normalized spacial score (nSPS) is 2.25. The van der Waals surface area contributed by atoms with Gasteiger partial charge in [-0.05, 0) is 0 Å². The van der Waals surface area contributed by atoms with Gasteiger partial charge >= 0.3 is 32.7 Å². The van der Waals surface area contributed by atoms with Crippen LogP contribution < -0.4 is 0 Å². The van der Waals surface area contributed by atoms with E-state index in [1.807, 2.05) is 0 Å². The Balaban J connectivity index is -0.00000000346. The first-order valence-electron chi connectivity index (χ1n) is 1.10. The second-order valence-electron chi connectivity index (χ2n) is 0.224. The Hall–Kier alpha value is -0.936. The van der Waals surface area contributed by atoms with Crippen LogP contribution in [0, 0.1) is 30.3 Å². The van der Waals surface area contributed by atoms with E-state index < -0.39 is 0 Å². The third-order valence-corrected chi connectivity index (χ3v) is 0. The van der Waals surface area contributed by atoms with E-state index in [1.165, 1.54) is 0 Å². The molecule has 16 heteroatoms. The summed E-state index contributed by atoms with van der Waals surface area (Å²) in [6.07, 6.45) is 0. The summed E-state index contributed by atoms with van der Waals surface area (Å²) in [5.74, 6) is 0. The van der Waals surface area contributed by atoms with Crippen LogP contribution in [0.1, 0.15) is 0 Å². The van der Waals surface area contributed by atoms with Crippen LogP contribution in [0.5, 0.6) is 0 Å². The second kappa shape index (κ2) is 563. The summed E-state index contributed by atoms with van der Waals surface area (Å²) >= 11 is 0. The van der Waals surface area contributed by atoms with Crippen molar-refractivity contribution in [2.24, 2.45) is 16.0 Å². The molecule has 0 aliphatic rings. The van der Waals surface area contributed by atoms with E-state index in [0.29, 0.717) is 0 Å². The Labute approximate surface area is 112 Å². The molecule has 15 nitrogen and oxygen atoms in total. The van der Waals surface area contributed by atoms with E-state index >= 15 is 0 Å². The minimum Gasteiger partial charge on any atom is -0.444 e. The molecule has 0 bridgehead atoms. The molecule has 0 saturated heterocycles. The molecular formula is H12N3O12Y. The van der Waals surface area contributed by atoms with Crippen molar-refractivity contribution in [3.8, 4) is 0 Å². The molecular weight excluding hydrogens is 323 g/mol. The van der Waals surface area contributed by atoms with Crippen LogP contribution in [0.4, 0.5) is 0 Å². The Bertz CT molecular complexity index is 53.0. The molecule has 0 heterocycles. The van der Waals surface area contributed by atoms with Gasteiger partial charge in [0, 0.05) is 0 Å². The maximum absolute atomic E-state index is 8.00. The topological polar surface area (TPSA) is 346 Å².